The monoisotopic (exact) mass is 336 g/mol. The molecule has 104 valence electrons. The van der Waals surface area contributed by atoms with Crippen molar-refractivity contribution in [3.05, 3.63) is 63.4 Å². The molecule has 0 aliphatic carbocycles. The molecule has 0 atom stereocenters. The van der Waals surface area contributed by atoms with Crippen LogP contribution in [0.2, 0.25) is 0 Å². The lowest BCUT2D eigenvalue weighted by Gasteiger charge is -2.09. The third-order valence-electron chi connectivity index (χ3n) is 2.89. The molecule has 0 aliphatic heterocycles. The van der Waals surface area contributed by atoms with Gasteiger partial charge in [0, 0.05) is 16.7 Å². The number of halogens is 2. The average Bonchev–Trinajstić information content (AvgIpc) is 2.42. The fourth-order valence-electron chi connectivity index (χ4n) is 1.84. The fourth-order valence-corrected chi connectivity index (χ4v) is 2.11. The van der Waals surface area contributed by atoms with Gasteiger partial charge in [0.05, 0.1) is 5.56 Å². The maximum atomic E-state index is 13.9. The number of carbonyl (C=O) groups is 1. The molecule has 3 nitrogen and oxygen atoms in total. The minimum Gasteiger partial charge on any atom is -0.399 e. The van der Waals surface area contributed by atoms with Gasteiger partial charge in [-0.15, -0.1) is 0 Å². The SMILES string of the molecule is Cc1cc(N)cc(C(=O)NCc2ccc(Br)cc2)c1F. The van der Waals surface area contributed by atoms with E-state index in [0.29, 0.717) is 17.8 Å². The largest absolute Gasteiger partial charge is 0.399 e. The summed E-state index contributed by atoms with van der Waals surface area (Å²) < 4.78 is 14.9. The zero-order valence-electron chi connectivity index (χ0n) is 10.9. The Hall–Kier alpha value is -1.88. The normalized spacial score (nSPS) is 10.3. The summed E-state index contributed by atoms with van der Waals surface area (Å²) in [5.41, 5.74) is 7.28. The Bertz CT molecular complexity index is 641. The second kappa shape index (κ2) is 6.05. The van der Waals surface area contributed by atoms with Crippen molar-refractivity contribution in [3.8, 4) is 0 Å². The van der Waals surface area contributed by atoms with Gasteiger partial charge in [-0.2, -0.15) is 0 Å². The van der Waals surface area contributed by atoms with Gasteiger partial charge in [-0.1, -0.05) is 28.1 Å². The molecule has 0 unspecified atom stereocenters. The van der Waals surface area contributed by atoms with Gasteiger partial charge in [0.1, 0.15) is 5.82 Å². The van der Waals surface area contributed by atoms with Crippen molar-refractivity contribution in [1.82, 2.24) is 5.32 Å². The van der Waals surface area contributed by atoms with Crippen LogP contribution in [0.15, 0.2) is 40.9 Å². The third-order valence-corrected chi connectivity index (χ3v) is 3.42. The van der Waals surface area contributed by atoms with E-state index < -0.39 is 11.7 Å². The second-order valence-corrected chi connectivity index (χ2v) is 5.42. The van der Waals surface area contributed by atoms with Gasteiger partial charge >= 0.3 is 0 Å². The van der Waals surface area contributed by atoms with Gasteiger partial charge in [-0.3, -0.25) is 4.79 Å². The molecule has 2 aromatic carbocycles. The van der Waals surface area contributed by atoms with E-state index in [0.717, 1.165) is 10.0 Å². The van der Waals surface area contributed by atoms with Crippen LogP contribution in [0, 0.1) is 12.7 Å². The van der Waals surface area contributed by atoms with Crippen molar-refractivity contribution in [2.45, 2.75) is 13.5 Å². The van der Waals surface area contributed by atoms with E-state index in [1.54, 1.807) is 6.92 Å². The van der Waals surface area contributed by atoms with Gasteiger partial charge in [0.2, 0.25) is 0 Å². The first kappa shape index (κ1) is 14.5. The van der Waals surface area contributed by atoms with Crippen molar-refractivity contribution in [1.29, 1.82) is 0 Å². The van der Waals surface area contributed by atoms with Crippen LogP contribution in [0.25, 0.3) is 0 Å². The first-order valence-electron chi connectivity index (χ1n) is 6.05. The number of rotatable bonds is 3. The summed E-state index contributed by atoms with van der Waals surface area (Å²) in [7, 11) is 0. The summed E-state index contributed by atoms with van der Waals surface area (Å²) in [6, 6.07) is 10.4. The van der Waals surface area contributed by atoms with Crippen LogP contribution in [0.4, 0.5) is 10.1 Å². The molecular weight excluding hydrogens is 323 g/mol. The molecule has 0 saturated carbocycles. The van der Waals surface area contributed by atoms with Crippen LogP contribution in [-0.2, 0) is 6.54 Å². The number of amides is 1. The highest BCUT2D eigenvalue weighted by atomic mass is 79.9. The molecule has 0 saturated heterocycles. The lowest BCUT2D eigenvalue weighted by molar-refractivity contribution is 0.0946. The topological polar surface area (TPSA) is 55.1 Å². The van der Waals surface area contributed by atoms with Gasteiger partial charge in [-0.05, 0) is 42.3 Å². The minimum atomic E-state index is -0.535. The Morgan fingerprint density at radius 2 is 1.95 bits per heavy atom. The average molecular weight is 337 g/mol. The van der Waals surface area contributed by atoms with Crippen LogP contribution in [0.1, 0.15) is 21.5 Å². The Balaban J connectivity index is 2.11. The fraction of sp³-hybridized carbons (Fsp3) is 0.133. The summed E-state index contributed by atoms with van der Waals surface area (Å²) in [4.78, 5) is 12.0. The smallest absolute Gasteiger partial charge is 0.254 e. The molecule has 20 heavy (non-hydrogen) atoms. The number of carbonyl (C=O) groups excluding carboxylic acids is 1. The number of nitrogen functional groups attached to an aromatic ring is 1. The molecule has 0 radical (unpaired) electrons. The van der Waals surface area contributed by atoms with Crippen LogP contribution in [-0.4, -0.2) is 5.91 Å². The van der Waals surface area contributed by atoms with Crippen LogP contribution in [0.5, 0.6) is 0 Å². The number of nitrogens with two attached hydrogens (primary N) is 1. The highest BCUT2D eigenvalue weighted by Crippen LogP contribution is 2.17. The molecule has 3 N–H and O–H groups in total. The Morgan fingerprint density at radius 3 is 2.60 bits per heavy atom. The predicted octanol–water partition coefficient (Wildman–Crippen LogP) is 3.41. The highest BCUT2D eigenvalue weighted by molar-refractivity contribution is 9.10. The quantitative estimate of drug-likeness (QED) is 0.844. The van der Waals surface area contributed by atoms with Crippen molar-refractivity contribution < 1.29 is 9.18 Å². The van der Waals surface area contributed by atoms with Crippen molar-refractivity contribution in [3.63, 3.8) is 0 Å². The third kappa shape index (κ3) is 3.36. The lowest BCUT2D eigenvalue weighted by atomic mass is 10.1. The summed E-state index contributed by atoms with van der Waals surface area (Å²) in [6.07, 6.45) is 0. The molecule has 0 heterocycles. The first-order chi connectivity index (χ1) is 9.47. The van der Waals surface area contributed by atoms with E-state index in [2.05, 4.69) is 21.2 Å². The summed E-state index contributed by atoms with van der Waals surface area (Å²) in [5, 5.41) is 2.68. The molecule has 5 heteroatoms. The first-order valence-corrected chi connectivity index (χ1v) is 6.85. The van der Waals surface area contributed by atoms with E-state index in [4.69, 9.17) is 5.73 Å². The van der Waals surface area contributed by atoms with Crippen molar-refractivity contribution in [2.75, 3.05) is 5.73 Å². The molecular formula is C15H14BrFN2O. The van der Waals surface area contributed by atoms with Crippen molar-refractivity contribution >= 4 is 27.5 Å². The van der Waals surface area contributed by atoms with Gasteiger partial charge in [-0.25, -0.2) is 4.39 Å². The molecule has 2 aromatic rings. The number of hydrogen-bond donors (Lipinski definition) is 2. The molecule has 0 fully saturated rings. The summed E-state index contributed by atoms with van der Waals surface area (Å²) >= 11 is 3.34. The number of nitrogens with one attached hydrogen (secondary N) is 1. The van der Waals surface area contributed by atoms with E-state index in [-0.39, 0.29) is 5.56 Å². The molecule has 0 aliphatic rings. The van der Waals surface area contributed by atoms with Gasteiger partial charge in [0.15, 0.2) is 0 Å². The molecule has 2 rings (SSSR count). The van der Waals surface area contributed by atoms with Crippen LogP contribution in [0.3, 0.4) is 0 Å². The molecule has 1 amide bonds. The van der Waals surface area contributed by atoms with Crippen LogP contribution >= 0.6 is 15.9 Å². The number of anilines is 1. The maximum Gasteiger partial charge on any atom is 0.254 e. The van der Waals surface area contributed by atoms with E-state index in [1.807, 2.05) is 24.3 Å². The maximum absolute atomic E-state index is 13.9. The van der Waals surface area contributed by atoms with E-state index in [1.165, 1.54) is 12.1 Å². The van der Waals surface area contributed by atoms with Gasteiger partial charge < -0.3 is 11.1 Å². The summed E-state index contributed by atoms with van der Waals surface area (Å²) in [6.45, 7) is 1.91. The van der Waals surface area contributed by atoms with Crippen molar-refractivity contribution in [2.24, 2.45) is 0 Å². The minimum absolute atomic E-state index is 0.0281. The molecule has 0 spiro atoms. The Labute approximate surface area is 125 Å². The molecule has 0 bridgehead atoms. The highest BCUT2D eigenvalue weighted by Gasteiger charge is 2.14. The lowest BCUT2D eigenvalue weighted by Crippen LogP contribution is -2.24. The standard InChI is InChI=1S/C15H14BrFN2O/c1-9-6-12(18)7-13(14(9)17)15(20)19-8-10-2-4-11(16)5-3-10/h2-7H,8,18H2,1H3,(H,19,20). The summed E-state index contributed by atoms with van der Waals surface area (Å²) in [5.74, 6) is -1.01. The molecule has 0 aromatic heterocycles. The van der Waals surface area contributed by atoms with E-state index in [9.17, 15) is 9.18 Å². The zero-order valence-corrected chi connectivity index (χ0v) is 12.5. The second-order valence-electron chi connectivity index (χ2n) is 4.51. The zero-order chi connectivity index (χ0) is 14.7. The Morgan fingerprint density at radius 1 is 1.30 bits per heavy atom. The van der Waals surface area contributed by atoms with Gasteiger partial charge in [0.25, 0.3) is 5.91 Å². The van der Waals surface area contributed by atoms with Crippen LogP contribution < -0.4 is 11.1 Å². The van der Waals surface area contributed by atoms with E-state index >= 15 is 0 Å². The number of aryl methyl sites for hydroxylation is 1. The number of hydrogen-bond acceptors (Lipinski definition) is 2. The number of benzene rings is 2. The predicted molar refractivity (Wildman–Crippen MR) is 80.9 cm³/mol. The Kier molecular flexibility index (Phi) is 4.39.